The van der Waals surface area contributed by atoms with Crippen LogP contribution in [0, 0.1) is 5.92 Å². The van der Waals surface area contributed by atoms with Gasteiger partial charge in [-0.15, -0.1) is 0 Å². The molecule has 1 aliphatic rings. The first kappa shape index (κ1) is 14.8. The van der Waals surface area contributed by atoms with Crippen molar-refractivity contribution in [3.05, 3.63) is 24.0 Å². The second-order valence-corrected chi connectivity index (χ2v) is 5.71. The van der Waals surface area contributed by atoms with E-state index in [2.05, 4.69) is 16.8 Å². The van der Waals surface area contributed by atoms with Gasteiger partial charge in [0.05, 0.1) is 0 Å². The predicted octanol–water partition coefficient (Wildman–Crippen LogP) is 1.35. The molecule has 5 nitrogen and oxygen atoms in total. The number of pyridine rings is 1. The van der Waals surface area contributed by atoms with Crippen molar-refractivity contribution in [2.75, 3.05) is 32.1 Å². The van der Waals surface area contributed by atoms with E-state index >= 15 is 0 Å². The highest BCUT2D eigenvalue weighted by Gasteiger charge is 2.28. The first-order chi connectivity index (χ1) is 9.54. The number of piperidine rings is 1. The van der Waals surface area contributed by atoms with Crippen LogP contribution in [-0.2, 0) is 0 Å². The first-order valence-corrected chi connectivity index (χ1v) is 7.19. The Morgan fingerprint density at radius 1 is 1.55 bits per heavy atom. The maximum Gasteiger partial charge on any atom is 0.272 e. The van der Waals surface area contributed by atoms with Gasteiger partial charge in [-0.3, -0.25) is 9.78 Å². The van der Waals surface area contributed by atoms with E-state index in [9.17, 15) is 4.79 Å². The smallest absolute Gasteiger partial charge is 0.272 e. The summed E-state index contributed by atoms with van der Waals surface area (Å²) in [6.07, 6.45) is 4.09. The molecule has 2 rings (SSSR count). The quantitative estimate of drug-likeness (QED) is 0.905. The maximum atomic E-state index is 12.0. The molecule has 0 radical (unpaired) electrons. The number of aromatic nitrogens is 1. The van der Waals surface area contributed by atoms with Crippen LogP contribution < -0.4 is 10.6 Å². The molecule has 2 N–H and O–H groups in total. The van der Waals surface area contributed by atoms with Crippen LogP contribution in [0.15, 0.2) is 18.3 Å². The molecular weight excluding hydrogens is 252 g/mol. The molecule has 1 amide bonds. The Balaban J connectivity index is 2.27. The van der Waals surface area contributed by atoms with Crippen molar-refractivity contribution in [1.82, 2.24) is 9.88 Å². The number of anilines is 1. The molecule has 1 fully saturated rings. The van der Waals surface area contributed by atoms with Crippen LogP contribution in [0.4, 0.5) is 5.69 Å². The average Bonchev–Trinajstić information content (AvgIpc) is 2.46. The van der Waals surface area contributed by atoms with E-state index in [1.54, 1.807) is 25.2 Å². The van der Waals surface area contributed by atoms with Gasteiger partial charge in [0.2, 0.25) is 0 Å². The summed E-state index contributed by atoms with van der Waals surface area (Å²) in [5.74, 6) is 0.510. The van der Waals surface area contributed by atoms with Gasteiger partial charge >= 0.3 is 0 Å². The predicted molar refractivity (Wildman–Crippen MR) is 80.8 cm³/mol. The molecular formula is C15H24N4O. The van der Waals surface area contributed by atoms with E-state index in [1.807, 2.05) is 12.1 Å². The van der Waals surface area contributed by atoms with Crippen molar-refractivity contribution in [3.8, 4) is 0 Å². The third-order valence-electron chi connectivity index (χ3n) is 4.06. The fourth-order valence-corrected chi connectivity index (χ4v) is 2.87. The second-order valence-electron chi connectivity index (χ2n) is 5.71. The molecule has 20 heavy (non-hydrogen) atoms. The molecule has 2 atom stereocenters. The van der Waals surface area contributed by atoms with E-state index < -0.39 is 0 Å². The van der Waals surface area contributed by atoms with Crippen LogP contribution in [0.25, 0.3) is 0 Å². The molecule has 0 bridgehead atoms. The summed E-state index contributed by atoms with van der Waals surface area (Å²) in [6.45, 7) is 3.88. The van der Waals surface area contributed by atoms with E-state index in [4.69, 9.17) is 5.73 Å². The molecule has 2 unspecified atom stereocenters. The third kappa shape index (κ3) is 2.93. The summed E-state index contributed by atoms with van der Waals surface area (Å²) in [7, 11) is 3.48. The highest BCUT2D eigenvalue weighted by atomic mass is 16.2. The highest BCUT2D eigenvalue weighted by Crippen LogP contribution is 2.28. The second kappa shape index (κ2) is 6.22. The lowest BCUT2D eigenvalue weighted by Gasteiger charge is -2.41. The Morgan fingerprint density at radius 3 is 2.95 bits per heavy atom. The molecule has 1 aliphatic heterocycles. The maximum absolute atomic E-state index is 12.0. The minimum atomic E-state index is -0.0683. The Kier molecular flexibility index (Phi) is 4.60. The number of carbonyl (C=O) groups is 1. The zero-order valence-corrected chi connectivity index (χ0v) is 12.5. The minimum Gasteiger partial charge on any atom is -0.367 e. The molecule has 110 valence electrons. The molecule has 1 aromatic heterocycles. The van der Waals surface area contributed by atoms with Gasteiger partial charge in [-0.05, 0) is 30.9 Å². The molecule has 0 saturated carbocycles. The van der Waals surface area contributed by atoms with E-state index in [1.165, 1.54) is 6.42 Å². The molecule has 1 aromatic rings. The normalized spacial score (nSPS) is 22.7. The Hall–Kier alpha value is -1.62. The number of nitrogens with two attached hydrogens (primary N) is 1. The molecule has 2 heterocycles. The monoisotopic (exact) mass is 276 g/mol. The third-order valence-corrected chi connectivity index (χ3v) is 4.06. The van der Waals surface area contributed by atoms with Crippen LogP contribution in [0.3, 0.4) is 0 Å². The molecule has 0 aromatic carbocycles. The van der Waals surface area contributed by atoms with Gasteiger partial charge in [-0.25, -0.2) is 0 Å². The minimum absolute atomic E-state index is 0.0683. The number of carbonyl (C=O) groups excluding carboxylic acids is 1. The summed E-state index contributed by atoms with van der Waals surface area (Å²) in [6, 6.07) is 4.18. The largest absolute Gasteiger partial charge is 0.367 e. The average molecular weight is 276 g/mol. The summed E-state index contributed by atoms with van der Waals surface area (Å²) in [4.78, 5) is 20.1. The molecule has 0 spiro atoms. The van der Waals surface area contributed by atoms with Gasteiger partial charge in [0.15, 0.2) is 0 Å². The molecule has 1 saturated heterocycles. The van der Waals surface area contributed by atoms with Crippen molar-refractivity contribution in [2.24, 2.45) is 11.7 Å². The fourth-order valence-electron chi connectivity index (χ4n) is 2.87. The van der Waals surface area contributed by atoms with Gasteiger partial charge < -0.3 is 15.5 Å². The summed E-state index contributed by atoms with van der Waals surface area (Å²) in [5, 5.41) is 0. The number of amides is 1. The molecule has 5 heteroatoms. The van der Waals surface area contributed by atoms with Crippen LogP contribution in [-0.4, -0.2) is 49.0 Å². The van der Waals surface area contributed by atoms with Crippen molar-refractivity contribution in [2.45, 2.75) is 25.8 Å². The zero-order valence-electron chi connectivity index (χ0n) is 12.5. The Morgan fingerprint density at radius 2 is 2.30 bits per heavy atom. The topological polar surface area (TPSA) is 62.5 Å². The SMILES string of the molecule is CC1CCCN(c2ccnc(C(=O)N(C)C)c2)C1CN. The number of hydrogen-bond donors (Lipinski definition) is 1. The van der Waals surface area contributed by atoms with Crippen LogP contribution in [0.1, 0.15) is 30.3 Å². The Labute approximate surface area is 120 Å². The number of nitrogens with zero attached hydrogens (tertiary/aromatic N) is 3. The summed E-state index contributed by atoms with van der Waals surface area (Å²) < 4.78 is 0. The van der Waals surface area contributed by atoms with Crippen LogP contribution in [0.2, 0.25) is 0 Å². The first-order valence-electron chi connectivity index (χ1n) is 7.19. The summed E-state index contributed by atoms with van der Waals surface area (Å²) in [5.41, 5.74) is 7.47. The standard InChI is InChI=1S/C15H24N4O/c1-11-5-4-8-19(14(11)10-16)12-6-7-17-13(9-12)15(20)18(2)3/h6-7,9,11,14H,4-5,8,10,16H2,1-3H3. The number of rotatable bonds is 3. The van der Waals surface area contributed by atoms with Gasteiger partial charge in [-0.2, -0.15) is 0 Å². The van der Waals surface area contributed by atoms with E-state index in [0.29, 0.717) is 24.2 Å². The number of hydrogen-bond acceptors (Lipinski definition) is 4. The van der Waals surface area contributed by atoms with Crippen molar-refractivity contribution in [1.29, 1.82) is 0 Å². The van der Waals surface area contributed by atoms with E-state index in [-0.39, 0.29) is 5.91 Å². The lowest BCUT2D eigenvalue weighted by Crippen LogP contribution is -2.48. The zero-order chi connectivity index (χ0) is 14.7. The van der Waals surface area contributed by atoms with Gasteiger partial charge in [0.1, 0.15) is 5.69 Å². The lowest BCUT2D eigenvalue weighted by atomic mass is 9.90. The van der Waals surface area contributed by atoms with Crippen molar-refractivity contribution >= 4 is 11.6 Å². The highest BCUT2D eigenvalue weighted by molar-refractivity contribution is 5.92. The van der Waals surface area contributed by atoms with Crippen LogP contribution in [0.5, 0.6) is 0 Å². The molecule has 0 aliphatic carbocycles. The van der Waals surface area contributed by atoms with Gasteiger partial charge in [0, 0.05) is 45.1 Å². The van der Waals surface area contributed by atoms with Gasteiger partial charge in [0.25, 0.3) is 5.91 Å². The van der Waals surface area contributed by atoms with Gasteiger partial charge in [-0.1, -0.05) is 6.92 Å². The van der Waals surface area contributed by atoms with E-state index in [0.717, 1.165) is 18.7 Å². The summed E-state index contributed by atoms with van der Waals surface area (Å²) >= 11 is 0. The Bertz CT molecular complexity index is 475. The van der Waals surface area contributed by atoms with Crippen molar-refractivity contribution in [3.63, 3.8) is 0 Å². The lowest BCUT2D eigenvalue weighted by molar-refractivity contribution is 0.0822. The van der Waals surface area contributed by atoms with Crippen molar-refractivity contribution < 1.29 is 4.79 Å². The van der Waals surface area contributed by atoms with Crippen LogP contribution >= 0.6 is 0 Å². The fraction of sp³-hybridized carbons (Fsp3) is 0.600.